The zero-order valence-corrected chi connectivity index (χ0v) is 13.2. The van der Waals surface area contributed by atoms with Crippen molar-refractivity contribution in [3.63, 3.8) is 0 Å². The molecule has 2 rings (SSSR count). The predicted molar refractivity (Wildman–Crippen MR) is 83.8 cm³/mol. The molecule has 0 spiro atoms. The van der Waals surface area contributed by atoms with Crippen molar-refractivity contribution in [1.82, 2.24) is 5.32 Å². The van der Waals surface area contributed by atoms with Gasteiger partial charge in [-0.15, -0.1) is 0 Å². The van der Waals surface area contributed by atoms with Crippen LogP contribution in [0.15, 0.2) is 24.3 Å². The van der Waals surface area contributed by atoms with E-state index in [0.717, 1.165) is 18.5 Å². The number of hydrogen-bond acceptors (Lipinski definition) is 3. The average molecular weight is 295 g/mol. The number of rotatable bonds is 7. The van der Waals surface area contributed by atoms with E-state index in [1.54, 1.807) is 0 Å². The molecule has 1 fully saturated rings. The molecule has 4 heteroatoms. The third-order valence-electron chi connectivity index (χ3n) is 4.00. The average Bonchev–Trinajstić information content (AvgIpc) is 2.31. The molecular formula is C16H25NO2S. The Morgan fingerprint density at radius 1 is 1.35 bits per heavy atom. The molecule has 3 nitrogen and oxygen atoms in total. The van der Waals surface area contributed by atoms with Crippen LogP contribution in [-0.2, 0) is 9.84 Å². The summed E-state index contributed by atoms with van der Waals surface area (Å²) in [6, 6.07) is 8.38. The van der Waals surface area contributed by atoms with Crippen molar-refractivity contribution in [1.29, 1.82) is 0 Å². The fourth-order valence-electron chi connectivity index (χ4n) is 2.67. The van der Waals surface area contributed by atoms with Crippen LogP contribution < -0.4 is 5.32 Å². The second-order valence-corrected chi connectivity index (χ2v) is 8.08. The Hall–Kier alpha value is -0.870. The first-order chi connectivity index (χ1) is 9.49. The maximum atomic E-state index is 11.6. The molecule has 0 bridgehead atoms. The summed E-state index contributed by atoms with van der Waals surface area (Å²) in [5.41, 5.74) is 2.47. The zero-order valence-electron chi connectivity index (χ0n) is 12.4. The first-order valence-corrected chi connectivity index (χ1v) is 9.56. The van der Waals surface area contributed by atoms with Crippen molar-refractivity contribution in [2.75, 3.05) is 18.6 Å². The fourth-order valence-corrected chi connectivity index (χ4v) is 3.58. The Morgan fingerprint density at radius 3 is 2.65 bits per heavy atom. The van der Waals surface area contributed by atoms with Gasteiger partial charge in [0.2, 0.25) is 0 Å². The number of hydrogen-bond donors (Lipinski definition) is 1. The van der Waals surface area contributed by atoms with E-state index in [1.165, 1.54) is 31.1 Å². The third-order valence-corrected chi connectivity index (χ3v) is 4.94. The minimum atomic E-state index is -2.99. The molecule has 0 aliphatic heterocycles. The summed E-state index contributed by atoms with van der Waals surface area (Å²) in [4.78, 5) is 0. The van der Waals surface area contributed by atoms with Gasteiger partial charge < -0.3 is 5.32 Å². The maximum Gasteiger partial charge on any atom is 0.149 e. The SMILES string of the molecule is CCCNC(CS(C)(=O)=O)c1cccc(C2CCC2)c1. The molecule has 1 atom stereocenters. The van der Waals surface area contributed by atoms with Gasteiger partial charge in [0.15, 0.2) is 0 Å². The summed E-state index contributed by atoms with van der Waals surface area (Å²) in [5.74, 6) is 0.848. The molecule has 1 aromatic rings. The second kappa shape index (κ2) is 6.72. The Kier molecular flexibility index (Phi) is 5.22. The van der Waals surface area contributed by atoms with Gasteiger partial charge in [-0.2, -0.15) is 0 Å². The largest absolute Gasteiger partial charge is 0.309 e. The molecule has 0 radical (unpaired) electrons. The molecule has 0 heterocycles. The van der Waals surface area contributed by atoms with Crippen molar-refractivity contribution >= 4 is 9.84 Å². The van der Waals surface area contributed by atoms with Crippen LogP contribution in [-0.4, -0.2) is 27.0 Å². The topological polar surface area (TPSA) is 46.2 Å². The van der Waals surface area contributed by atoms with Crippen molar-refractivity contribution in [3.8, 4) is 0 Å². The second-order valence-electron chi connectivity index (χ2n) is 5.90. The molecule has 1 saturated carbocycles. The monoisotopic (exact) mass is 295 g/mol. The van der Waals surface area contributed by atoms with Gasteiger partial charge in [-0.1, -0.05) is 37.6 Å². The van der Waals surface area contributed by atoms with Crippen molar-refractivity contribution < 1.29 is 8.42 Å². The standard InChI is InChI=1S/C16H25NO2S/c1-3-10-17-16(12-20(2,18)19)15-9-5-8-14(11-15)13-6-4-7-13/h5,8-9,11,13,16-17H,3-4,6-7,10,12H2,1-2H3. The smallest absolute Gasteiger partial charge is 0.149 e. The van der Waals surface area contributed by atoms with Crippen molar-refractivity contribution in [2.45, 2.75) is 44.6 Å². The van der Waals surface area contributed by atoms with Crippen LogP contribution in [0.2, 0.25) is 0 Å². The van der Waals surface area contributed by atoms with Gasteiger partial charge in [-0.25, -0.2) is 8.42 Å². The van der Waals surface area contributed by atoms with E-state index in [4.69, 9.17) is 0 Å². The van der Waals surface area contributed by atoms with Crippen LogP contribution in [0.3, 0.4) is 0 Å². The highest BCUT2D eigenvalue weighted by atomic mass is 32.2. The van der Waals surface area contributed by atoms with E-state index in [0.29, 0.717) is 5.92 Å². The van der Waals surface area contributed by atoms with Crippen LogP contribution in [0, 0.1) is 0 Å². The van der Waals surface area contributed by atoms with E-state index in [-0.39, 0.29) is 11.8 Å². The molecule has 1 aromatic carbocycles. The summed E-state index contributed by atoms with van der Waals surface area (Å²) in [7, 11) is -2.99. The molecule has 0 aromatic heterocycles. The van der Waals surface area contributed by atoms with E-state index in [2.05, 4.69) is 30.4 Å². The van der Waals surface area contributed by atoms with Crippen LogP contribution in [0.1, 0.15) is 55.7 Å². The maximum absolute atomic E-state index is 11.6. The summed E-state index contributed by atoms with van der Waals surface area (Å²) in [6.07, 6.45) is 6.16. The molecule has 20 heavy (non-hydrogen) atoms. The lowest BCUT2D eigenvalue weighted by molar-refractivity contribution is 0.419. The fraction of sp³-hybridized carbons (Fsp3) is 0.625. The highest BCUT2D eigenvalue weighted by Gasteiger charge is 2.22. The predicted octanol–water partition coefficient (Wildman–Crippen LogP) is 3.04. The van der Waals surface area contributed by atoms with Crippen LogP contribution in [0.25, 0.3) is 0 Å². The van der Waals surface area contributed by atoms with Crippen LogP contribution in [0.4, 0.5) is 0 Å². The number of sulfone groups is 1. The summed E-state index contributed by atoms with van der Waals surface area (Å²) >= 11 is 0. The summed E-state index contributed by atoms with van der Waals surface area (Å²) in [5, 5.41) is 3.37. The minimum absolute atomic E-state index is 0.0926. The molecule has 0 amide bonds. The molecule has 0 saturated heterocycles. The number of nitrogens with one attached hydrogen (secondary N) is 1. The minimum Gasteiger partial charge on any atom is -0.309 e. The van der Waals surface area contributed by atoms with E-state index >= 15 is 0 Å². The van der Waals surface area contributed by atoms with Crippen molar-refractivity contribution in [3.05, 3.63) is 35.4 Å². The molecular weight excluding hydrogens is 270 g/mol. The first kappa shape index (κ1) is 15.5. The lowest BCUT2D eigenvalue weighted by Gasteiger charge is -2.27. The van der Waals surface area contributed by atoms with Crippen LogP contribution in [0.5, 0.6) is 0 Å². The zero-order chi connectivity index (χ0) is 14.6. The Bertz CT molecular complexity index is 535. The van der Waals surface area contributed by atoms with Gasteiger partial charge in [0.1, 0.15) is 9.84 Å². The highest BCUT2D eigenvalue weighted by molar-refractivity contribution is 7.90. The van der Waals surface area contributed by atoms with E-state index < -0.39 is 9.84 Å². The normalized spacial score (nSPS) is 17.7. The first-order valence-electron chi connectivity index (χ1n) is 7.50. The Labute approximate surface area is 122 Å². The lowest BCUT2D eigenvalue weighted by atomic mass is 9.79. The van der Waals surface area contributed by atoms with Gasteiger partial charge in [-0.3, -0.25) is 0 Å². The lowest BCUT2D eigenvalue weighted by Crippen LogP contribution is -2.28. The summed E-state index contributed by atoms with van der Waals surface area (Å²) in [6.45, 7) is 2.93. The third kappa shape index (κ3) is 4.32. The van der Waals surface area contributed by atoms with E-state index in [1.807, 2.05) is 6.07 Å². The van der Waals surface area contributed by atoms with Gasteiger partial charge in [-0.05, 0) is 42.9 Å². The van der Waals surface area contributed by atoms with Gasteiger partial charge in [0.05, 0.1) is 5.75 Å². The molecule has 1 aliphatic carbocycles. The van der Waals surface area contributed by atoms with E-state index in [9.17, 15) is 8.42 Å². The highest BCUT2D eigenvalue weighted by Crippen LogP contribution is 2.37. The molecule has 1 aliphatic rings. The summed E-state index contributed by atoms with van der Waals surface area (Å²) < 4.78 is 23.2. The number of benzene rings is 1. The molecule has 1 unspecified atom stereocenters. The van der Waals surface area contributed by atoms with Gasteiger partial charge >= 0.3 is 0 Å². The van der Waals surface area contributed by atoms with Crippen LogP contribution >= 0.6 is 0 Å². The van der Waals surface area contributed by atoms with Crippen molar-refractivity contribution in [2.24, 2.45) is 0 Å². The van der Waals surface area contributed by atoms with Gasteiger partial charge in [0, 0.05) is 12.3 Å². The van der Waals surface area contributed by atoms with Gasteiger partial charge in [0.25, 0.3) is 0 Å². The molecule has 1 N–H and O–H groups in total. The Morgan fingerprint density at radius 2 is 2.10 bits per heavy atom. The Balaban J connectivity index is 2.18. The molecule has 112 valence electrons. The quantitative estimate of drug-likeness (QED) is 0.841.